The summed E-state index contributed by atoms with van der Waals surface area (Å²) in [7, 11) is 0. The van der Waals surface area contributed by atoms with E-state index in [-0.39, 0.29) is 18.1 Å². The average Bonchev–Trinajstić information content (AvgIpc) is 2.74. The highest BCUT2D eigenvalue weighted by Crippen LogP contribution is 2.21. The number of aromatic carboxylic acids is 1. The Kier molecular flexibility index (Phi) is 4.14. The Morgan fingerprint density at radius 3 is 2.70 bits per heavy atom. The molecule has 104 valence electrons. The number of hydrogen-bond acceptors (Lipinski definition) is 4. The van der Waals surface area contributed by atoms with Gasteiger partial charge in [-0.15, -0.1) is 5.10 Å². The first kappa shape index (κ1) is 14.2. The molecule has 0 radical (unpaired) electrons. The average molecular weight is 339 g/mol. The molecule has 7 nitrogen and oxygen atoms in total. The largest absolute Gasteiger partial charge is 0.476 e. The van der Waals surface area contributed by atoms with Crippen molar-refractivity contribution >= 4 is 33.5 Å². The maximum absolute atomic E-state index is 11.9. The van der Waals surface area contributed by atoms with Crippen LogP contribution in [-0.2, 0) is 11.3 Å². The Balaban J connectivity index is 2.09. The Bertz CT molecular complexity index is 668. The number of carbonyl (C=O) groups excluding carboxylic acids is 1. The van der Waals surface area contributed by atoms with Gasteiger partial charge in [-0.05, 0) is 35.0 Å². The highest BCUT2D eigenvalue weighted by molar-refractivity contribution is 9.10. The molecule has 1 aromatic heterocycles. The summed E-state index contributed by atoms with van der Waals surface area (Å²) < 4.78 is 2.00. The number of hydrogen-bond donors (Lipinski definition) is 2. The molecule has 2 rings (SSSR count). The Morgan fingerprint density at radius 1 is 1.40 bits per heavy atom. The van der Waals surface area contributed by atoms with Crippen molar-refractivity contribution in [2.24, 2.45) is 0 Å². The van der Waals surface area contributed by atoms with E-state index in [4.69, 9.17) is 5.11 Å². The Morgan fingerprint density at radius 2 is 2.10 bits per heavy atom. The lowest BCUT2D eigenvalue weighted by Crippen LogP contribution is -2.20. The summed E-state index contributed by atoms with van der Waals surface area (Å²) in [6, 6.07) is 7.18. The molecule has 0 aliphatic carbocycles. The van der Waals surface area contributed by atoms with Crippen LogP contribution in [0.5, 0.6) is 0 Å². The maximum atomic E-state index is 11.9. The van der Waals surface area contributed by atoms with Crippen LogP contribution in [0.1, 0.15) is 16.2 Å². The fourth-order valence-corrected chi connectivity index (χ4v) is 1.98. The first-order valence-electron chi connectivity index (χ1n) is 5.67. The predicted molar refractivity (Wildman–Crippen MR) is 74.5 cm³/mol. The van der Waals surface area contributed by atoms with Crippen molar-refractivity contribution in [2.45, 2.75) is 13.5 Å². The molecule has 1 amide bonds. The first-order valence-corrected chi connectivity index (χ1v) is 6.46. The molecular weight excluding hydrogens is 328 g/mol. The van der Waals surface area contributed by atoms with Crippen LogP contribution in [-0.4, -0.2) is 32.0 Å². The number of aromatic nitrogens is 3. The second-order valence-corrected chi connectivity index (χ2v) is 4.87. The zero-order chi connectivity index (χ0) is 14.7. The van der Waals surface area contributed by atoms with Crippen LogP contribution in [0.25, 0.3) is 0 Å². The summed E-state index contributed by atoms with van der Waals surface area (Å²) in [6.45, 7) is 1.45. The van der Waals surface area contributed by atoms with E-state index >= 15 is 0 Å². The number of carbonyl (C=O) groups is 2. The van der Waals surface area contributed by atoms with E-state index in [0.29, 0.717) is 11.4 Å². The van der Waals surface area contributed by atoms with Gasteiger partial charge in [-0.3, -0.25) is 4.79 Å². The van der Waals surface area contributed by atoms with Gasteiger partial charge in [0.25, 0.3) is 0 Å². The van der Waals surface area contributed by atoms with Gasteiger partial charge in [-0.25, -0.2) is 9.48 Å². The molecule has 0 fully saturated rings. The van der Waals surface area contributed by atoms with Gasteiger partial charge in [-0.1, -0.05) is 17.3 Å². The molecule has 0 spiro atoms. The molecule has 1 heterocycles. The van der Waals surface area contributed by atoms with Crippen LogP contribution in [0, 0.1) is 6.92 Å². The predicted octanol–water partition coefficient (Wildman–Crippen LogP) is 1.69. The van der Waals surface area contributed by atoms with Gasteiger partial charge in [0.1, 0.15) is 6.54 Å². The third kappa shape index (κ3) is 3.02. The molecule has 0 saturated carbocycles. The van der Waals surface area contributed by atoms with E-state index < -0.39 is 5.97 Å². The van der Waals surface area contributed by atoms with Crippen molar-refractivity contribution in [2.75, 3.05) is 5.32 Å². The molecule has 0 saturated heterocycles. The zero-order valence-corrected chi connectivity index (χ0v) is 12.1. The normalized spacial score (nSPS) is 10.3. The number of amides is 1. The number of carboxylic acids is 1. The van der Waals surface area contributed by atoms with Gasteiger partial charge in [0.2, 0.25) is 5.91 Å². The molecule has 0 aliphatic heterocycles. The van der Waals surface area contributed by atoms with Gasteiger partial charge in [0.05, 0.1) is 11.4 Å². The molecule has 20 heavy (non-hydrogen) atoms. The summed E-state index contributed by atoms with van der Waals surface area (Å²) in [4.78, 5) is 22.7. The number of rotatable bonds is 4. The minimum absolute atomic E-state index is 0.104. The molecule has 1 aromatic carbocycles. The topological polar surface area (TPSA) is 97.1 Å². The summed E-state index contributed by atoms with van der Waals surface area (Å²) in [5, 5.41) is 18.7. The van der Waals surface area contributed by atoms with Gasteiger partial charge >= 0.3 is 5.97 Å². The number of nitrogens with zero attached hydrogens (tertiary/aromatic N) is 3. The minimum Gasteiger partial charge on any atom is -0.476 e. The number of benzene rings is 1. The van der Waals surface area contributed by atoms with Crippen molar-refractivity contribution < 1.29 is 14.7 Å². The SMILES string of the molecule is Cc1c(C(=O)O)nnn1CC(=O)Nc1ccccc1Br. The van der Waals surface area contributed by atoms with E-state index in [9.17, 15) is 9.59 Å². The third-order valence-corrected chi connectivity index (χ3v) is 3.32. The van der Waals surface area contributed by atoms with Crippen molar-refractivity contribution in [1.82, 2.24) is 15.0 Å². The molecule has 8 heteroatoms. The molecule has 2 N–H and O–H groups in total. The fraction of sp³-hybridized carbons (Fsp3) is 0.167. The minimum atomic E-state index is -1.17. The second kappa shape index (κ2) is 5.83. The highest BCUT2D eigenvalue weighted by atomic mass is 79.9. The summed E-state index contributed by atoms with van der Waals surface area (Å²) in [6.07, 6.45) is 0. The third-order valence-electron chi connectivity index (χ3n) is 2.63. The fourth-order valence-electron chi connectivity index (χ4n) is 1.60. The lowest BCUT2D eigenvalue weighted by molar-refractivity contribution is -0.117. The smallest absolute Gasteiger partial charge is 0.358 e. The van der Waals surface area contributed by atoms with E-state index in [1.807, 2.05) is 6.07 Å². The maximum Gasteiger partial charge on any atom is 0.358 e. The summed E-state index contributed by atoms with van der Waals surface area (Å²) in [5.74, 6) is -1.48. The molecule has 0 atom stereocenters. The van der Waals surface area contributed by atoms with E-state index in [2.05, 4.69) is 31.6 Å². The van der Waals surface area contributed by atoms with Crippen LogP contribution in [0.4, 0.5) is 5.69 Å². The van der Waals surface area contributed by atoms with Crippen molar-refractivity contribution in [3.8, 4) is 0 Å². The number of carboxylic acid groups (broad SMARTS) is 1. The summed E-state index contributed by atoms with van der Waals surface area (Å²) >= 11 is 3.32. The van der Waals surface area contributed by atoms with Gasteiger partial charge in [-0.2, -0.15) is 0 Å². The van der Waals surface area contributed by atoms with Crippen LogP contribution < -0.4 is 5.32 Å². The van der Waals surface area contributed by atoms with Gasteiger partial charge in [0.15, 0.2) is 5.69 Å². The van der Waals surface area contributed by atoms with Crippen molar-refractivity contribution in [3.05, 3.63) is 40.1 Å². The lowest BCUT2D eigenvalue weighted by Gasteiger charge is -2.07. The quantitative estimate of drug-likeness (QED) is 0.883. The Labute approximate surface area is 122 Å². The van der Waals surface area contributed by atoms with Crippen molar-refractivity contribution in [3.63, 3.8) is 0 Å². The number of nitrogens with one attached hydrogen (secondary N) is 1. The zero-order valence-electron chi connectivity index (χ0n) is 10.5. The first-order chi connectivity index (χ1) is 9.49. The van der Waals surface area contributed by atoms with E-state index in [1.54, 1.807) is 25.1 Å². The molecular formula is C12H11BrN4O3. The van der Waals surface area contributed by atoms with Gasteiger partial charge in [0, 0.05) is 4.47 Å². The summed E-state index contributed by atoms with van der Waals surface area (Å²) in [5.41, 5.74) is 0.812. The monoisotopic (exact) mass is 338 g/mol. The van der Waals surface area contributed by atoms with Crippen LogP contribution in [0.15, 0.2) is 28.7 Å². The van der Waals surface area contributed by atoms with E-state index in [1.165, 1.54) is 4.68 Å². The van der Waals surface area contributed by atoms with Crippen LogP contribution >= 0.6 is 15.9 Å². The van der Waals surface area contributed by atoms with Crippen LogP contribution in [0.3, 0.4) is 0 Å². The number of halogens is 1. The molecule has 0 unspecified atom stereocenters. The molecule has 2 aromatic rings. The van der Waals surface area contributed by atoms with Gasteiger partial charge < -0.3 is 10.4 Å². The molecule has 0 aliphatic rings. The number of para-hydroxylation sites is 1. The highest BCUT2D eigenvalue weighted by Gasteiger charge is 2.16. The van der Waals surface area contributed by atoms with Crippen molar-refractivity contribution in [1.29, 1.82) is 0 Å². The van der Waals surface area contributed by atoms with Crippen LogP contribution in [0.2, 0.25) is 0 Å². The van der Waals surface area contributed by atoms with E-state index in [0.717, 1.165) is 4.47 Å². The second-order valence-electron chi connectivity index (χ2n) is 4.01. The lowest BCUT2D eigenvalue weighted by atomic mass is 10.3. The Hall–Kier alpha value is -2.22. The molecule has 0 bridgehead atoms. The number of anilines is 1. The standard InChI is InChI=1S/C12H11BrN4O3/c1-7-11(12(19)20)15-16-17(7)6-10(18)14-9-5-3-2-4-8(9)13/h2-5H,6H2,1H3,(H,14,18)(H,19,20).